The number of rotatable bonds is 1. The zero-order chi connectivity index (χ0) is 7.52. The second kappa shape index (κ2) is 2.54. The molecule has 2 aromatic rings. The maximum absolute atomic E-state index is 4.61. The number of hydrogen-bond acceptors (Lipinski definition) is 3. The summed E-state index contributed by atoms with van der Waals surface area (Å²) in [5.74, 6) is 0. The fourth-order valence-electron chi connectivity index (χ4n) is 0.899. The van der Waals surface area contributed by atoms with E-state index in [2.05, 4.69) is 14.9 Å². The smallest absolute Gasteiger partial charge is 0.152 e. The van der Waals surface area contributed by atoms with Gasteiger partial charge in [0.05, 0.1) is 0 Å². The van der Waals surface area contributed by atoms with Gasteiger partial charge in [0.25, 0.3) is 0 Å². The first-order valence-corrected chi connectivity index (χ1v) is 3.29. The lowest BCUT2D eigenvalue weighted by Crippen LogP contribution is -1.75. The molecule has 1 aromatic heterocycles. The first-order valence-electron chi connectivity index (χ1n) is 3.29. The summed E-state index contributed by atoms with van der Waals surface area (Å²) in [6.45, 7) is 0. The lowest BCUT2D eigenvalue weighted by atomic mass is 10.2. The summed E-state index contributed by atoms with van der Waals surface area (Å²) < 4.78 is 4.61. The van der Waals surface area contributed by atoms with Gasteiger partial charge in [-0.25, -0.2) is 0 Å². The maximum atomic E-state index is 4.61. The zero-order valence-corrected chi connectivity index (χ0v) is 5.77. The van der Waals surface area contributed by atoms with E-state index in [1.165, 1.54) is 6.26 Å². The molecule has 3 heteroatoms. The number of aromatic nitrogens is 2. The molecular weight excluding hydrogens is 140 g/mol. The van der Waals surface area contributed by atoms with E-state index in [1.807, 2.05) is 30.3 Å². The summed E-state index contributed by atoms with van der Waals surface area (Å²) >= 11 is 0. The van der Waals surface area contributed by atoms with Crippen molar-refractivity contribution < 1.29 is 4.52 Å². The Morgan fingerprint density at radius 3 is 2.55 bits per heavy atom. The lowest BCUT2D eigenvalue weighted by Gasteiger charge is -1.89. The summed E-state index contributed by atoms with van der Waals surface area (Å²) in [6.07, 6.45) is 1.52. The topological polar surface area (TPSA) is 38.9 Å². The van der Waals surface area contributed by atoms with E-state index in [0.29, 0.717) is 0 Å². The van der Waals surface area contributed by atoms with Gasteiger partial charge < -0.3 is 4.52 Å². The van der Waals surface area contributed by atoms with Gasteiger partial charge in [0.15, 0.2) is 6.26 Å². The van der Waals surface area contributed by atoms with E-state index in [0.717, 1.165) is 11.3 Å². The van der Waals surface area contributed by atoms with Crippen LogP contribution < -0.4 is 0 Å². The van der Waals surface area contributed by atoms with Crippen molar-refractivity contribution in [3.63, 3.8) is 0 Å². The Labute approximate surface area is 63.6 Å². The SMILES string of the molecule is c1ccc(-c2conn2)cc1. The van der Waals surface area contributed by atoms with Crippen LogP contribution in [0.2, 0.25) is 0 Å². The molecule has 0 saturated heterocycles. The van der Waals surface area contributed by atoms with Gasteiger partial charge in [0, 0.05) is 10.8 Å². The molecule has 0 bridgehead atoms. The van der Waals surface area contributed by atoms with Crippen LogP contribution in [0, 0.1) is 0 Å². The van der Waals surface area contributed by atoms with Crippen LogP contribution >= 0.6 is 0 Å². The molecule has 54 valence electrons. The summed E-state index contributed by atoms with van der Waals surface area (Å²) in [4.78, 5) is 0. The Morgan fingerprint density at radius 2 is 1.91 bits per heavy atom. The predicted octanol–water partition coefficient (Wildman–Crippen LogP) is 1.74. The third kappa shape index (κ3) is 1.12. The summed E-state index contributed by atoms with van der Waals surface area (Å²) in [6, 6.07) is 9.77. The molecule has 2 rings (SSSR count). The highest BCUT2D eigenvalue weighted by Crippen LogP contribution is 2.13. The molecule has 11 heavy (non-hydrogen) atoms. The molecule has 0 N–H and O–H groups in total. The Kier molecular flexibility index (Phi) is 1.41. The third-order valence-corrected chi connectivity index (χ3v) is 1.43. The Bertz CT molecular complexity index is 315. The van der Waals surface area contributed by atoms with Gasteiger partial charge in [0.1, 0.15) is 5.69 Å². The Hall–Kier alpha value is -1.64. The van der Waals surface area contributed by atoms with Crippen LogP contribution in [0.15, 0.2) is 41.1 Å². The van der Waals surface area contributed by atoms with Crippen molar-refractivity contribution in [3.05, 3.63) is 36.6 Å². The van der Waals surface area contributed by atoms with Crippen molar-refractivity contribution >= 4 is 0 Å². The van der Waals surface area contributed by atoms with Crippen LogP contribution in [-0.2, 0) is 0 Å². The second-order valence-corrected chi connectivity index (χ2v) is 2.16. The molecule has 0 saturated carbocycles. The monoisotopic (exact) mass is 146 g/mol. The van der Waals surface area contributed by atoms with Crippen molar-refractivity contribution in [1.82, 2.24) is 10.4 Å². The van der Waals surface area contributed by atoms with E-state index in [4.69, 9.17) is 0 Å². The van der Waals surface area contributed by atoms with Crippen molar-refractivity contribution in [2.24, 2.45) is 0 Å². The second-order valence-electron chi connectivity index (χ2n) is 2.16. The Balaban J connectivity index is 2.46. The van der Waals surface area contributed by atoms with Crippen molar-refractivity contribution in [1.29, 1.82) is 0 Å². The quantitative estimate of drug-likeness (QED) is 0.615. The molecule has 0 aliphatic carbocycles. The zero-order valence-electron chi connectivity index (χ0n) is 5.77. The fourth-order valence-corrected chi connectivity index (χ4v) is 0.899. The molecule has 3 nitrogen and oxygen atoms in total. The molecule has 0 spiro atoms. The van der Waals surface area contributed by atoms with Crippen molar-refractivity contribution in [2.75, 3.05) is 0 Å². The van der Waals surface area contributed by atoms with E-state index in [9.17, 15) is 0 Å². The number of nitrogens with zero attached hydrogens (tertiary/aromatic N) is 2. The molecule has 0 amide bonds. The molecule has 0 atom stereocenters. The highest BCUT2D eigenvalue weighted by molar-refractivity contribution is 5.56. The van der Waals surface area contributed by atoms with Crippen LogP contribution in [-0.4, -0.2) is 10.4 Å². The van der Waals surface area contributed by atoms with Crippen molar-refractivity contribution in [3.8, 4) is 11.3 Å². The molecule has 1 aromatic carbocycles. The van der Waals surface area contributed by atoms with Gasteiger partial charge in [-0.05, 0) is 0 Å². The molecule has 0 aliphatic heterocycles. The van der Waals surface area contributed by atoms with Gasteiger partial charge in [-0.3, -0.25) is 0 Å². The summed E-state index contributed by atoms with van der Waals surface area (Å²) in [5, 5.41) is 7.14. The van der Waals surface area contributed by atoms with Gasteiger partial charge in [0.2, 0.25) is 0 Å². The summed E-state index contributed by atoms with van der Waals surface area (Å²) in [5.41, 5.74) is 1.79. The molecule has 1 heterocycles. The van der Waals surface area contributed by atoms with Crippen LogP contribution in [0.1, 0.15) is 0 Å². The van der Waals surface area contributed by atoms with E-state index >= 15 is 0 Å². The fraction of sp³-hybridized carbons (Fsp3) is 0. The third-order valence-electron chi connectivity index (χ3n) is 1.43. The van der Waals surface area contributed by atoms with Crippen molar-refractivity contribution in [2.45, 2.75) is 0 Å². The number of benzene rings is 1. The first-order chi connectivity index (χ1) is 5.47. The average Bonchev–Trinajstić information content (AvgIpc) is 2.58. The van der Waals surface area contributed by atoms with E-state index in [-0.39, 0.29) is 0 Å². The standard InChI is InChI=1S/C8H6N2O/c1-2-4-7(5-3-1)8-6-11-10-9-8/h1-6H. The van der Waals surface area contributed by atoms with Crippen LogP contribution in [0.3, 0.4) is 0 Å². The van der Waals surface area contributed by atoms with Gasteiger partial charge in [-0.2, -0.15) is 0 Å². The lowest BCUT2D eigenvalue weighted by molar-refractivity contribution is 0.393. The Morgan fingerprint density at radius 1 is 1.09 bits per heavy atom. The van der Waals surface area contributed by atoms with Gasteiger partial charge >= 0.3 is 0 Å². The average molecular weight is 146 g/mol. The maximum Gasteiger partial charge on any atom is 0.152 e. The van der Waals surface area contributed by atoms with Crippen LogP contribution in [0.25, 0.3) is 11.3 Å². The predicted molar refractivity (Wildman–Crippen MR) is 39.7 cm³/mol. The summed E-state index contributed by atoms with van der Waals surface area (Å²) in [7, 11) is 0. The van der Waals surface area contributed by atoms with Gasteiger partial charge in [-0.15, -0.1) is 5.10 Å². The van der Waals surface area contributed by atoms with Crippen LogP contribution in [0.5, 0.6) is 0 Å². The minimum atomic E-state index is 0.769. The van der Waals surface area contributed by atoms with Crippen LogP contribution in [0.4, 0.5) is 0 Å². The number of hydrogen-bond donors (Lipinski definition) is 0. The molecule has 0 aliphatic rings. The highest BCUT2D eigenvalue weighted by Gasteiger charge is 1.98. The van der Waals surface area contributed by atoms with E-state index < -0.39 is 0 Å². The normalized spacial score (nSPS) is 9.82. The molecule has 0 radical (unpaired) electrons. The highest BCUT2D eigenvalue weighted by atomic mass is 16.5. The van der Waals surface area contributed by atoms with Gasteiger partial charge in [-0.1, -0.05) is 30.3 Å². The first kappa shape index (κ1) is 6.09. The molecular formula is C8H6N2O. The molecule has 0 unspecified atom stereocenters. The largest absolute Gasteiger partial charge is 0.345 e. The minimum Gasteiger partial charge on any atom is -0.345 e. The molecule has 0 fully saturated rings. The minimum absolute atomic E-state index is 0.769. The van der Waals surface area contributed by atoms with E-state index in [1.54, 1.807) is 0 Å².